The summed E-state index contributed by atoms with van der Waals surface area (Å²) in [6, 6.07) is 5.94. The second-order valence-electron chi connectivity index (χ2n) is 8.72. The Labute approximate surface area is 207 Å². The number of nitrogens with one attached hydrogen (secondary N) is 2. The first-order valence-electron chi connectivity index (χ1n) is 12.0. The lowest BCUT2D eigenvalue weighted by Crippen LogP contribution is -2.40. The number of ether oxygens (including phenoxy) is 2. The second kappa shape index (κ2) is 13.2. The number of amides is 1. The largest absolute Gasteiger partial charge is 0.474 e. The van der Waals surface area contributed by atoms with Gasteiger partial charge in [0.1, 0.15) is 11.7 Å². The molecular weight excluding hydrogens is 479 g/mol. The molecule has 1 aliphatic heterocycles. The maximum atomic E-state index is 12.7. The summed E-state index contributed by atoms with van der Waals surface area (Å²) in [6.45, 7) is 1.55. The lowest BCUT2D eigenvalue weighted by Gasteiger charge is -2.29. The molecule has 1 saturated heterocycles. The zero-order valence-corrected chi connectivity index (χ0v) is 20.2. The molecule has 36 heavy (non-hydrogen) atoms. The number of hydrogen-bond acceptors (Lipinski definition) is 7. The molecule has 12 heteroatoms. The van der Waals surface area contributed by atoms with Crippen LogP contribution >= 0.6 is 0 Å². The van der Waals surface area contributed by atoms with Crippen molar-refractivity contribution in [3.63, 3.8) is 0 Å². The van der Waals surface area contributed by atoms with E-state index in [4.69, 9.17) is 9.47 Å². The summed E-state index contributed by atoms with van der Waals surface area (Å²) in [5.74, 6) is 0.751. The minimum atomic E-state index is -4.64. The Hall–Kier alpha value is -3.15. The maximum Gasteiger partial charge on any atom is 0.423 e. The van der Waals surface area contributed by atoms with Crippen LogP contribution in [0.5, 0.6) is 5.88 Å². The van der Waals surface area contributed by atoms with Crippen LogP contribution in [0.2, 0.25) is 0 Å². The van der Waals surface area contributed by atoms with E-state index in [9.17, 15) is 22.8 Å². The quantitative estimate of drug-likeness (QED) is 0.587. The Bertz CT molecular complexity index is 1000. The van der Waals surface area contributed by atoms with Crippen LogP contribution in [0.4, 0.5) is 18.9 Å². The van der Waals surface area contributed by atoms with Crippen LogP contribution in [0.1, 0.15) is 50.5 Å². The molecule has 0 atom stereocenters. The molecular formula is C24H32F3N5O4. The molecule has 0 bridgehead atoms. The molecule has 0 radical (unpaired) electrons. The van der Waals surface area contributed by atoms with Crippen LogP contribution in [0.3, 0.4) is 0 Å². The van der Waals surface area contributed by atoms with E-state index in [1.807, 2.05) is 23.3 Å². The molecule has 1 amide bonds. The normalized spacial score (nSPS) is 19.8. The van der Waals surface area contributed by atoms with Crippen molar-refractivity contribution in [2.24, 2.45) is 0 Å². The summed E-state index contributed by atoms with van der Waals surface area (Å²) in [7, 11) is 1.60. The van der Waals surface area contributed by atoms with E-state index in [1.165, 1.54) is 0 Å². The van der Waals surface area contributed by atoms with Gasteiger partial charge in [-0.25, -0.2) is 10.1 Å². The molecule has 4 rings (SSSR count). The Kier molecular flexibility index (Phi) is 10.1. The van der Waals surface area contributed by atoms with E-state index in [-0.39, 0.29) is 23.7 Å². The average molecular weight is 512 g/mol. The number of carbonyl (C=O) groups is 1. The topological polar surface area (TPSA) is 109 Å². The predicted molar refractivity (Wildman–Crippen MR) is 127 cm³/mol. The zero-order valence-electron chi connectivity index (χ0n) is 20.2. The number of H-pyrrole nitrogens is 1. The molecule has 2 aromatic rings. The van der Waals surface area contributed by atoms with Gasteiger partial charge in [-0.05, 0) is 44.6 Å². The first-order valence-corrected chi connectivity index (χ1v) is 12.0. The number of carbonyl (C=O) groups excluding carboxylic acids is 1. The summed E-state index contributed by atoms with van der Waals surface area (Å²) in [5, 5.41) is 8.29. The number of anilines is 1. The van der Waals surface area contributed by atoms with Gasteiger partial charge in [-0.2, -0.15) is 18.3 Å². The number of rotatable bonds is 7. The Morgan fingerprint density at radius 2 is 1.92 bits per heavy atom. The first kappa shape index (κ1) is 27.4. The molecule has 198 valence electrons. The molecule has 2 aromatic heterocycles. The summed E-state index contributed by atoms with van der Waals surface area (Å²) in [6.07, 6.45) is 4.28. The monoisotopic (exact) mass is 511 g/mol. The highest BCUT2D eigenvalue weighted by Gasteiger charge is 2.39. The number of pyridine rings is 1. The van der Waals surface area contributed by atoms with Crippen LogP contribution in [0, 0.1) is 0 Å². The molecule has 0 aromatic carbocycles. The third-order valence-corrected chi connectivity index (χ3v) is 6.06. The minimum absolute atomic E-state index is 0.0703. The maximum absolute atomic E-state index is 12.7. The lowest BCUT2D eigenvalue weighted by molar-refractivity contribution is -0.138. The van der Waals surface area contributed by atoms with Gasteiger partial charge in [-0.3, -0.25) is 9.59 Å². The highest BCUT2D eigenvalue weighted by molar-refractivity contribution is 5.76. The van der Waals surface area contributed by atoms with E-state index in [2.05, 4.69) is 15.4 Å². The Morgan fingerprint density at radius 3 is 2.53 bits per heavy atom. The second-order valence-corrected chi connectivity index (χ2v) is 8.72. The third kappa shape index (κ3) is 8.21. The van der Waals surface area contributed by atoms with Crippen LogP contribution in [-0.2, 0) is 15.7 Å². The van der Waals surface area contributed by atoms with E-state index < -0.39 is 17.3 Å². The van der Waals surface area contributed by atoms with E-state index in [1.54, 1.807) is 18.2 Å². The fraction of sp³-hybridized carbons (Fsp3) is 0.583. The van der Waals surface area contributed by atoms with Crippen LogP contribution < -0.4 is 20.5 Å². The van der Waals surface area contributed by atoms with E-state index in [0.717, 1.165) is 44.7 Å². The van der Waals surface area contributed by atoms with E-state index >= 15 is 0 Å². The van der Waals surface area contributed by atoms with Crippen molar-refractivity contribution in [3.8, 4) is 5.88 Å². The van der Waals surface area contributed by atoms with Crippen molar-refractivity contribution in [3.05, 3.63) is 46.5 Å². The van der Waals surface area contributed by atoms with Crippen molar-refractivity contribution >= 4 is 11.6 Å². The summed E-state index contributed by atoms with van der Waals surface area (Å²) in [5.41, 5.74) is -2.45. The molecule has 2 N–H and O–H groups in total. The molecule has 2 aliphatic rings. The highest BCUT2D eigenvalue weighted by atomic mass is 19.4. The van der Waals surface area contributed by atoms with Crippen LogP contribution in [-0.4, -0.2) is 60.0 Å². The number of hydrogen-bond donors (Lipinski definition) is 2. The zero-order chi connectivity index (χ0) is 26.0. The first-order chi connectivity index (χ1) is 17.3. The van der Waals surface area contributed by atoms with Gasteiger partial charge in [0.2, 0.25) is 11.8 Å². The predicted octanol–water partition coefficient (Wildman–Crippen LogP) is 3.31. The Balaban J connectivity index is 0.000000205. The molecule has 0 spiro atoms. The number of halogens is 3. The standard InChI is InChI=1S/C15H22N2O3.C9H10F3N3O/c1-19-11-9-14(18)17-12-5-7-13(8-6-12)20-15-4-2-3-10-16-15;10-9(11,12)7-6(5-13-14-8(7)16)15-3-1-2-4-15/h2-4,10,12-13H,5-9,11H2,1H3,(H,17,18);5H,1-4H2,(H,14,16). The smallest absolute Gasteiger partial charge is 0.423 e. The van der Waals surface area contributed by atoms with Crippen LogP contribution in [0.25, 0.3) is 0 Å². The summed E-state index contributed by atoms with van der Waals surface area (Å²) in [4.78, 5) is 28.5. The minimum Gasteiger partial charge on any atom is -0.474 e. The third-order valence-electron chi connectivity index (χ3n) is 6.06. The number of nitrogens with zero attached hydrogens (tertiary/aromatic N) is 3. The number of alkyl halides is 3. The SMILES string of the molecule is COCCC(=O)NC1CCC(Oc2ccccn2)CC1.O=c1[nH]ncc(N2CCCC2)c1C(F)(F)F. The lowest BCUT2D eigenvalue weighted by atomic mass is 9.93. The molecule has 2 fully saturated rings. The molecule has 1 saturated carbocycles. The van der Waals surface area contributed by atoms with Crippen molar-refractivity contribution in [1.29, 1.82) is 0 Å². The fourth-order valence-corrected chi connectivity index (χ4v) is 4.27. The number of aromatic amines is 1. The molecule has 9 nitrogen and oxygen atoms in total. The van der Waals surface area contributed by atoms with Gasteiger partial charge in [0.15, 0.2) is 0 Å². The van der Waals surface area contributed by atoms with Gasteiger partial charge in [0.05, 0.1) is 18.5 Å². The van der Waals surface area contributed by atoms with Crippen molar-refractivity contribution < 1.29 is 27.4 Å². The van der Waals surface area contributed by atoms with Crippen molar-refractivity contribution in [2.75, 3.05) is 31.7 Å². The van der Waals surface area contributed by atoms with Gasteiger partial charge in [0.25, 0.3) is 5.56 Å². The van der Waals surface area contributed by atoms with Gasteiger partial charge in [-0.1, -0.05) is 6.07 Å². The Morgan fingerprint density at radius 1 is 1.19 bits per heavy atom. The summed E-state index contributed by atoms with van der Waals surface area (Å²) >= 11 is 0. The van der Waals surface area contributed by atoms with Crippen molar-refractivity contribution in [1.82, 2.24) is 20.5 Å². The average Bonchev–Trinajstić information content (AvgIpc) is 3.39. The van der Waals surface area contributed by atoms with Gasteiger partial charge in [0, 0.05) is 44.9 Å². The fourth-order valence-electron chi connectivity index (χ4n) is 4.27. The van der Waals surface area contributed by atoms with Gasteiger partial charge < -0.3 is 19.7 Å². The van der Waals surface area contributed by atoms with Gasteiger partial charge >= 0.3 is 6.18 Å². The van der Waals surface area contributed by atoms with Crippen LogP contribution in [0.15, 0.2) is 35.4 Å². The highest BCUT2D eigenvalue weighted by Crippen LogP contribution is 2.34. The number of methoxy groups -OCH3 is 1. The molecule has 3 heterocycles. The van der Waals surface area contributed by atoms with Crippen molar-refractivity contribution in [2.45, 2.75) is 63.3 Å². The summed E-state index contributed by atoms with van der Waals surface area (Å²) < 4.78 is 48.8. The molecule has 1 aliphatic carbocycles. The van der Waals surface area contributed by atoms with E-state index in [0.29, 0.717) is 32.0 Å². The number of aromatic nitrogens is 3. The van der Waals surface area contributed by atoms with Gasteiger partial charge in [-0.15, -0.1) is 0 Å². The molecule has 0 unspecified atom stereocenters.